The van der Waals surface area contributed by atoms with Crippen molar-refractivity contribution in [2.75, 3.05) is 6.61 Å². The molecule has 4 fully saturated rings. The fourth-order valence-electron chi connectivity index (χ4n) is 7.92. The van der Waals surface area contributed by atoms with Crippen molar-refractivity contribution in [1.29, 1.82) is 0 Å². The van der Waals surface area contributed by atoms with E-state index in [0.29, 0.717) is 24.4 Å². The maximum Gasteiger partial charge on any atom is 0.136 e. The third kappa shape index (κ3) is 6.50. The Hall–Kier alpha value is -0.250. The average molecular weight is 471 g/mol. The molecule has 6 unspecified atom stereocenters. The van der Waals surface area contributed by atoms with Gasteiger partial charge in [0.1, 0.15) is 18.5 Å². The van der Waals surface area contributed by atoms with Gasteiger partial charge in [0.25, 0.3) is 0 Å². The fourth-order valence-corrected chi connectivity index (χ4v) is 7.92. The van der Waals surface area contributed by atoms with Gasteiger partial charge in [-0.2, -0.15) is 0 Å². The SMILES string of the molecule is CCCC1CCC(C2CCC(COC3CCC(C4CCC(C)[C@H](F)C4)CC3)C(F)C2F)CC1. The van der Waals surface area contributed by atoms with Crippen LogP contribution in [0.5, 0.6) is 0 Å². The fraction of sp³-hybridized carbons (Fsp3) is 1.00. The molecule has 0 aliphatic heterocycles. The van der Waals surface area contributed by atoms with Crippen molar-refractivity contribution in [3.63, 3.8) is 0 Å². The Morgan fingerprint density at radius 1 is 0.697 bits per heavy atom. The Morgan fingerprint density at radius 3 is 2.03 bits per heavy atom. The van der Waals surface area contributed by atoms with Crippen LogP contribution < -0.4 is 0 Å². The van der Waals surface area contributed by atoms with E-state index in [0.717, 1.165) is 70.1 Å². The van der Waals surface area contributed by atoms with Gasteiger partial charge in [0.05, 0.1) is 12.7 Å². The minimum absolute atomic E-state index is 0.0770. The van der Waals surface area contributed by atoms with E-state index >= 15 is 8.78 Å². The summed E-state index contributed by atoms with van der Waals surface area (Å²) < 4.78 is 50.5. The highest BCUT2D eigenvalue weighted by Crippen LogP contribution is 2.45. The van der Waals surface area contributed by atoms with Gasteiger partial charge in [-0.15, -0.1) is 0 Å². The maximum atomic E-state index is 15.1. The van der Waals surface area contributed by atoms with Crippen molar-refractivity contribution < 1.29 is 17.9 Å². The molecule has 7 atom stereocenters. The molecule has 4 rings (SSSR count). The Bertz CT molecular complexity index is 569. The molecule has 0 bridgehead atoms. The number of alkyl halides is 3. The summed E-state index contributed by atoms with van der Waals surface area (Å²) in [6, 6.07) is 0. The van der Waals surface area contributed by atoms with Crippen molar-refractivity contribution in [2.45, 2.75) is 135 Å². The average Bonchev–Trinajstić information content (AvgIpc) is 2.83. The van der Waals surface area contributed by atoms with Crippen LogP contribution in [0.2, 0.25) is 0 Å². The van der Waals surface area contributed by atoms with Crippen LogP contribution in [0.4, 0.5) is 13.2 Å². The Labute approximate surface area is 201 Å². The van der Waals surface area contributed by atoms with Gasteiger partial charge in [-0.05, 0) is 106 Å². The van der Waals surface area contributed by atoms with Crippen molar-refractivity contribution in [2.24, 2.45) is 41.4 Å². The van der Waals surface area contributed by atoms with E-state index < -0.39 is 18.5 Å². The van der Waals surface area contributed by atoms with Crippen LogP contribution in [0, 0.1) is 41.4 Å². The zero-order valence-corrected chi connectivity index (χ0v) is 21.2. The van der Waals surface area contributed by atoms with Crippen molar-refractivity contribution in [3.05, 3.63) is 0 Å². The molecule has 4 saturated carbocycles. The third-order valence-corrected chi connectivity index (χ3v) is 10.3. The quantitative estimate of drug-likeness (QED) is 0.362. The first-order valence-electron chi connectivity index (χ1n) is 14.5. The molecule has 0 N–H and O–H groups in total. The van der Waals surface area contributed by atoms with Crippen LogP contribution >= 0.6 is 0 Å². The van der Waals surface area contributed by atoms with E-state index in [4.69, 9.17) is 4.74 Å². The number of ether oxygens (including phenoxy) is 1. The molecule has 4 aliphatic carbocycles. The summed E-state index contributed by atoms with van der Waals surface area (Å²) in [4.78, 5) is 0. The number of hydrogen-bond donors (Lipinski definition) is 0. The summed E-state index contributed by atoms with van der Waals surface area (Å²) in [5.41, 5.74) is 0. The van der Waals surface area contributed by atoms with Crippen molar-refractivity contribution >= 4 is 0 Å². The number of hydrogen-bond acceptors (Lipinski definition) is 1. The first-order valence-corrected chi connectivity index (χ1v) is 14.5. The van der Waals surface area contributed by atoms with Gasteiger partial charge in [-0.3, -0.25) is 0 Å². The lowest BCUT2D eigenvalue weighted by molar-refractivity contribution is -0.0673. The van der Waals surface area contributed by atoms with E-state index in [2.05, 4.69) is 6.92 Å². The minimum atomic E-state index is -1.36. The van der Waals surface area contributed by atoms with Gasteiger partial charge < -0.3 is 4.74 Å². The molecule has 0 aromatic heterocycles. The van der Waals surface area contributed by atoms with Gasteiger partial charge in [0.2, 0.25) is 0 Å². The Kier molecular flexibility index (Phi) is 9.49. The summed E-state index contributed by atoms with van der Waals surface area (Å²) in [5.74, 6) is 2.22. The zero-order chi connectivity index (χ0) is 23.4. The van der Waals surface area contributed by atoms with Gasteiger partial charge in [-0.1, -0.05) is 39.5 Å². The normalized spacial score (nSPS) is 47.4. The van der Waals surface area contributed by atoms with E-state index in [9.17, 15) is 4.39 Å². The Morgan fingerprint density at radius 2 is 1.36 bits per heavy atom. The molecule has 0 radical (unpaired) electrons. The molecular formula is C29H49F3O. The standard InChI is InChI=1S/C29H49F3O/c1-3-4-20-6-9-22(10-7-20)26-16-13-24(28(31)29(26)32)18-33-25-14-11-21(12-15-25)23-8-5-19(2)27(30)17-23/h19-29H,3-18H2,1-2H3/t19?,20?,21?,22?,23?,24?,25?,26?,27-,28?,29?/m1/s1. The third-order valence-electron chi connectivity index (χ3n) is 10.3. The van der Waals surface area contributed by atoms with E-state index in [1.54, 1.807) is 0 Å². The molecule has 0 spiro atoms. The molecular weight excluding hydrogens is 421 g/mol. The molecule has 33 heavy (non-hydrogen) atoms. The van der Waals surface area contributed by atoms with Crippen LogP contribution in [-0.2, 0) is 4.74 Å². The van der Waals surface area contributed by atoms with Crippen LogP contribution in [-0.4, -0.2) is 31.2 Å². The molecule has 192 valence electrons. The lowest BCUT2D eigenvalue weighted by Crippen LogP contribution is -2.44. The second kappa shape index (κ2) is 12.1. The molecule has 0 amide bonds. The predicted octanol–water partition coefficient (Wildman–Crippen LogP) is 8.65. The summed E-state index contributed by atoms with van der Waals surface area (Å²) in [5, 5.41) is 0. The second-order valence-corrected chi connectivity index (χ2v) is 12.4. The van der Waals surface area contributed by atoms with E-state index in [-0.39, 0.29) is 23.9 Å². The molecule has 0 saturated heterocycles. The first kappa shape index (κ1) is 25.8. The first-order chi connectivity index (χ1) is 16.0. The van der Waals surface area contributed by atoms with Crippen molar-refractivity contribution in [3.8, 4) is 0 Å². The lowest BCUT2D eigenvalue weighted by Gasteiger charge is -2.42. The van der Waals surface area contributed by atoms with Crippen LogP contribution in [0.15, 0.2) is 0 Å². The van der Waals surface area contributed by atoms with Gasteiger partial charge in [0, 0.05) is 5.92 Å². The molecule has 0 heterocycles. The second-order valence-electron chi connectivity index (χ2n) is 12.4. The highest BCUT2D eigenvalue weighted by molar-refractivity contribution is 4.93. The molecule has 4 heteroatoms. The maximum absolute atomic E-state index is 15.1. The van der Waals surface area contributed by atoms with Gasteiger partial charge in [-0.25, -0.2) is 13.2 Å². The summed E-state index contributed by atoms with van der Waals surface area (Å²) in [6.07, 6.45) is 12.8. The molecule has 0 aromatic carbocycles. The van der Waals surface area contributed by atoms with Gasteiger partial charge in [0.15, 0.2) is 0 Å². The highest BCUT2D eigenvalue weighted by atomic mass is 19.2. The molecule has 0 aromatic rings. The smallest absolute Gasteiger partial charge is 0.136 e. The van der Waals surface area contributed by atoms with Crippen LogP contribution in [0.1, 0.15) is 110 Å². The van der Waals surface area contributed by atoms with Gasteiger partial charge >= 0.3 is 0 Å². The number of rotatable bonds is 7. The monoisotopic (exact) mass is 470 g/mol. The summed E-state index contributed by atoms with van der Waals surface area (Å²) in [6.45, 7) is 4.65. The summed E-state index contributed by atoms with van der Waals surface area (Å²) in [7, 11) is 0. The summed E-state index contributed by atoms with van der Waals surface area (Å²) >= 11 is 0. The van der Waals surface area contributed by atoms with Crippen LogP contribution in [0.25, 0.3) is 0 Å². The Balaban J connectivity index is 1.16. The lowest BCUT2D eigenvalue weighted by atomic mass is 9.67. The van der Waals surface area contributed by atoms with Crippen molar-refractivity contribution in [1.82, 2.24) is 0 Å². The van der Waals surface area contributed by atoms with E-state index in [1.165, 1.54) is 32.1 Å². The topological polar surface area (TPSA) is 9.23 Å². The molecule has 4 aliphatic rings. The predicted molar refractivity (Wildman–Crippen MR) is 129 cm³/mol. The van der Waals surface area contributed by atoms with E-state index in [1.807, 2.05) is 6.92 Å². The van der Waals surface area contributed by atoms with Crippen LogP contribution in [0.3, 0.4) is 0 Å². The minimum Gasteiger partial charge on any atom is -0.378 e. The highest BCUT2D eigenvalue weighted by Gasteiger charge is 2.44. The molecule has 1 nitrogen and oxygen atoms in total. The largest absolute Gasteiger partial charge is 0.378 e. The number of halogens is 3. The zero-order valence-electron chi connectivity index (χ0n) is 21.2.